The third kappa shape index (κ3) is 1.48. The zero-order valence-corrected chi connectivity index (χ0v) is 6.04. The molecule has 0 saturated carbocycles. The minimum Gasteiger partial charge on any atom is -0.207 e. The highest BCUT2D eigenvalue weighted by Crippen LogP contribution is 2.10. The lowest BCUT2D eigenvalue weighted by atomic mass is 10.2. The fraction of sp³-hybridized carbons (Fsp3) is 0.143. The molecule has 1 aromatic rings. The van der Waals surface area contributed by atoms with E-state index in [4.69, 9.17) is 0 Å². The van der Waals surface area contributed by atoms with Crippen LogP contribution in [-0.2, 0) is 5.75 Å². The zero-order chi connectivity index (χ0) is 7.56. The largest absolute Gasteiger partial charge is 0.207 e. The third-order valence-corrected chi connectivity index (χ3v) is 1.52. The van der Waals surface area contributed by atoms with Crippen LogP contribution in [-0.4, -0.2) is 0 Å². The van der Waals surface area contributed by atoms with Crippen molar-refractivity contribution in [3.05, 3.63) is 35.4 Å². The number of halogens is 2. The highest BCUT2D eigenvalue weighted by atomic mass is 32.1. The molecule has 1 aromatic carbocycles. The van der Waals surface area contributed by atoms with Gasteiger partial charge >= 0.3 is 0 Å². The van der Waals surface area contributed by atoms with Crippen LogP contribution in [0.25, 0.3) is 0 Å². The summed E-state index contributed by atoms with van der Waals surface area (Å²) in [5.41, 5.74) is 0.295. The van der Waals surface area contributed by atoms with Crippen LogP contribution < -0.4 is 0 Å². The lowest BCUT2D eigenvalue weighted by molar-refractivity contribution is 0.591. The average Bonchev–Trinajstić information content (AvgIpc) is 1.94. The molecule has 54 valence electrons. The van der Waals surface area contributed by atoms with E-state index < -0.39 is 11.6 Å². The van der Waals surface area contributed by atoms with Crippen molar-refractivity contribution < 1.29 is 8.78 Å². The van der Waals surface area contributed by atoms with Crippen LogP contribution in [0.15, 0.2) is 18.2 Å². The molecule has 0 aromatic heterocycles. The van der Waals surface area contributed by atoms with Crippen LogP contribution in [0, 0.1) is 11.6 Å². The molecule has 0 nitrogen and oxygen atoms in total. The fourth-order valence-corrected chi connectivity index (χ4v) is 0.907. The van der Waals surface area contributed by atoms with Crippen molar-refractivity contribution in [2.24, 2.45) is 0 Å². The molecule has 0 spiro atoms. The average molecular weight is 160 g/mol. The van der Waals surface area contributed by atoms with Crippen LogP contribution in [0.3, 0.4) is 0 Å². The first-order valence-electron chi connectivity index (χ1n) is 2.79. The van der Waals surface area contributed by atoms with E-state index in [-0.39, 0.29) is 5.75 Å². The van der Waals surface area contributed by atoms with E-state index >= 15 is 0 Å². The third-order valence-electron chi connectivity index (χ3n) is 1.18. The SMILES string of the molecule is Fc1ccc(F)c(CS)c1. The van der Waals surface area contributed by atoms with Gasteiger partial charge in [0.15, 0.2) is 0 Å². The summed E-state index contributed by atoms with van der Waals surface area (Å²) < 4.78 is 24.9. The number of benzene rings is 1. The van der Waals surface area contributed by atoms with Crippen LogP contribution in [0.2, 0.25) is 0 Å². The van der Waals surface area contributed by atoms with Crippen molar-refractivity contribution in [3.63, 3.8) is 0 Å². The van der Waals surface area contributed by atoms with E-state index in [1.54, 1.807) is 0 Å². The Morgan fingerprint density at radius 1 is 1.30 bits per heavy atom. The van der Waals surface area contributed by atoms with Gasteiger partial charge in [0, 0.05) is 11.3 Å². The van der Waals surface area contributed by atoms with Crippen molar-refractivity contribution in [1.29, 1.82) is 0 Å². The van der Waals surface area contributed by atoms with Gasteiger partial charge in [-0.25, -0.2) is 8.78 Å². The van der Waals surface area contributed by atoms with Crippen molar-refractivity contribution >= 4 is 12.6 Å². The molecule has 3 heteroatoms. The van der Waals surface area contributed by atoms with Gasteiger partial charge in [0.05, 0.1) is 0 Å². The Labute approximate surface area is 63.3 Å². The Morgan fingerprint density at radius 2 is 2.00 bits per heavy atom. The predicted octanol–water partition coefficient (Wildman–Crippen LogP) is 2.39. The van der Waals surface area contributed by atoms with Gasteiger partial charge in [0.2, 0.25) is 0 Å². The van der Waals surface area contributed by atoms with E-state index in [0.29, 0.717) is 5.56 Å². The highest BCUT2D eigenvalue weighted by Gasteiger charge is 1.99. The summed E-state index contributed by atoms with van der Waals surface area (Å²) in [4.78, 5) is 0. The Bertz CT molecular complexity index is 235. The Hall–Kier alpha value is -0.570. The maximum absolute atomic E-state index is 12.6. The second-order valence-corrected chi connectivity index (χ2v) is 2.21. The number of hydrogen-bond acceptors (Lipinski definition) is 1. The molecule has 0 aliphatic heterocycles. The summed E-state index contributed by atoms with van der Waals surface area (Å²) in [6, 6.07) is 3.32. The fourth-order valence-electron chi connectivity index (χ4n) is 0.664. The smallest absolute Gasteiger partial charge is 0.127 e. The van der Waals surface area contributed by atoms with Gasteiger partial charge in [-0.3, -0.25) is 0 Å². The maximum Gasteiger partial charge on any atom is 0.127 e. The maximum atomic E-state index is 12.6. The van der Waals surface area contributed by atoms with Gasteiger partial charge in [-0.05, 0) is 18.2 Å². The van der Waals surface area contributed by atoms with Crippen molar-refractivity contribution in [2.75, 3.05) is 0 Å². The van der Waals surface area contributed by atoms with Gasteiger partial charge in [0.1, 0.15) is 11.6 Å². The molecule has 0 heterocycles. The standard InChI is InChI=1S/C7H6F2S/c8-6-1-2-7(9)5(3-6)4-10/h1-3,10H,4H2. The first-order valence-corrected chi connectivity index (χ1v) is 3.42. The van der Waals surface area contributed by atoms with E-state index in [2.05, 4.69) is 12.6 Å². The molecule has 0 fully saturated rings. The molecule has 0 bridgehead atoms. The summed E-state index contributed by atoms with van der Waals surface area (Å²) in [6.45, 7) is 0. The zero-order valence-electron chi connectivity index (χ0n) is 5.14. The first kappa shape index (κ1) is 7.54. The molecule has 0 aliphatic rings. The quantitative estimate of drug-likeness (QED) is 0.599. The molecule has 0 atom stereocenters. The minimum absolute atomic E-state index is 0.226. The van der Waals surface area contributed by atoms with E-state index in [1.165, 1.54) is 0 Å². The summed E-state index contributed by atoms with van der Waals surface area (Å²) in [6.07, 6.45) is 0. The van der Waals surface area contributed by atoms with Gasteiger partial charge in [0.25, 0.3) is 0 Å². The molecule has 0 N–H and O–H groups in total. The number of hydrogen-bond donors (Lipinski definition) is 1. The van der Waals surface area contributed by atoms with Gasteiger partial charge in [-0.2, -0.15) is 12.6 Å². The monoisotopic (exact) mass is 160 g/mol. The molecule has 0 unspecified atom stereocenters. The van der Waals surface area contributed by atoms with Crippen molar-refractivity contribution in [2.45, 2.75) is 5.75 Å². The Kier molecular flexibility index (Phi) is 2.27. The number of rotatable bonds is 1. The molecule has 10 heavy (non-hydrogen) atoms. The van der Waals surface area contributed by atoms with Crippen LogP contribution in [0.4, 0.5) is 8.78 Å². The van der Waals surface area contributed by atoms with Crippen LogP contribution in [0.5, 0.6) is 0 Å². The molecule has 1 rings (SSSR count). The van der Waals surface area contributed by atoms with E-state index in [9.17, 15) is 8.78 Å². The van der Waals surface area contributed by atoms with Crippen molar-refractivity contribution in [1.82, 2.24) is 0 Å². The first-order chi connectivity index (χ1) is 4.74. The van der Waals surface area contributed by atoms with Crippen LogP contribution in [0.1, 0.15) is 5.56 Å². The summed E-state index contributed by atoms with van der Waals surface area (Å²) >= 11 is 3.82. The lowest BCUT2D eigenvalue weighted by Gasteiger charge is -1.96. The second kappa shape index (κ2) is 3.01. The number of thiol groups is 1. The summed E-state index contributed by atoms with van der Waals surface area (Å²) in [5.74, 6) is -0.606. The summed E-state index contributed by atoms with van der Waals surface area (Å²) in [7, 11) is 0. The molecular formula is C7H6F2S. The molecule has 0 saturated heterocycles. The normalized spacial score (nSPS) is 9.90. The van der Waals surface area contributed by atoms with Crippen LogP contribution >= 0.6 is 12.6 Å². The molecule has 0 radical (unpaired) electrons. The Balaban J connectivity index is 3.09. The molecule has 0 aliphatic carbocycles. The summed E-state index contributed by atoms with van der Waals surface area (Å²) in [5, 5.41) is 0. The molecule has 0 amide bonds. The van der Waals surface area contributed by atoms with E-state index in [1.807, 2.05) is 0 Å². The van der Waals surface area contributed by atoms with Gasteiger partial charge < -0.3 is 0 Å². The Morgan fingerprint density at radius 3 is 2.50 bits per heavy atom. The van der Waals surface area contributed by atoms with E-state index in [0.717, 1.165) is 18.2 Å². The van der Waals surface area contributed by atoms with Gasteiger partial charge in [-0.15, -0.1) is 0 Å². The molecular weight excluding hydrogens is 154 g/mol. The second-order valence-electron chi connectivity index (χ2n) is 1.89. The topological polar surface area (TPSA) is 0 Å². The van der Waals surface area contributed by atoms with Gasteiger partial charge in [-0.1, -0.05) is 0 Å². The predicted molar refractivity (Wildman–Crippen MR) is 39.0 cm³/mol. The minimum atomic E-state index is -0.426. The highest BCUT2D eigenvalue weighted by molar-refractivity contribution is 7.79. The lowest BCUT2D eigenvalue weighted by Crippen LogP contribution is -1.86. The van der Waals surface area contributed by atoms with Crippen molar-refractivity contribution in [3.8, 4) is 0 Å².